The van der Waals surface area contributed by atoms with Crippen LogP contribution in [0.2, 0.25) is 5.02 Å². The summed E-state index contributed by atoms with van der Waals surface area (Å²) in [6.07, 6.45) is 3.23. The van der Waals surface area contributed by atoms with Gasteiger partial charge in [0.25, 0.3) is 0 Å². The maximum atomic E-state index is 12.5. The van der Waals surface area contributed by atoms with Crippen LogP contribution >= 0.6 is 11.6 Å². The number of carbonyl (C=O) groups is 1. The Morgan fingerprint density at radius 3 is 2.56 bits per heavy atom. The number of halogens is 1. The van der Waals surface area contributed by atoms with E-state index < -0.39 is 15.9 Å². The van der Waals surface area contributed by atoms with Gasteiger partial charge in [-0.3, -0.25) is 9.78 Å². The molecule has 134 valence electrons. The number of nitrogens with one attached hydrogen (secondary N) is 1. The number of rotatable bonds is 7. The number of carbonyl (C=O) groups excluding carboxylic acids is 1. The highest BCUT2D eigenvalue weighted by Gasteiger charge is 2.23. The van der Waals surface area contributed by atoms with Gasteiger partial charge in [-0.1, -0.05) is 11.6 Å². The largest absolute Gasteiger partial charge is 0.495 e. The fourth-order valence-corrected chi connectivity index (χ4v) is 3.51. The summed E-state index contributed by atoms with van der Waals surface area (Å²) in [5.74, 6) is -0.0409. The quantitative estimate of drug-likeness (QED) is 0.785. The lowest BCUT2D eigenvalue weighted by Crippen LogP contribution is -2.38. The van der Waals surface area contributed by atoms with E-state index >= 15 is 0 Å². The van der Waals surface area contributed by atoms with E-state index in [1.54, 1.807) is 24.5 Å². The monoisotopic (exact) mass is 383 g/mol. The first-order chi connectivity index (χ1) is 11.8. The van der Waals surface area contributed by atoms with Crippen molar-refractivity contribution in [3.8, 4) is 5.75 Å². The molecule has 0 radical (unpaired) electrons. The molecule has 1 heterocycles. The predicted octanol–water partition coefficient (Wildman–Crippen LogP) is 1.68. The van der Waals surface area contributed by atoms with Crippen LogP contribution in [0.1, 0.15) is 5.56 Å². The number of ether oxygens (including phenoxy) is 1. The average molecular weight is 384 g/mol. The van der Waals surface area contributed by atoms with E-state index in [0.29, 0.717) is 12.3 Å². The van der Waals surface area contributed by atoms with Gasteiger partial charge in [0.2, 0.25) is 15.9 Å². The van der Waals surface area contributed by atoms with Crippen LogP contribution in [0, 0.1) is 0 Å². The molecule has 0 saturated heterocycles. The number of benzene rings is 1. The highest BCUT2D eigenvalue weighted by atomic mass is 35.5. The van der Waals surface area contributed by atoms with Gasteiger partial charge in [-0.2, -0.15) is 4.31 Å². The molecule has 0 saturated carbocycles. The maximum absolute atomic E-state index is 12.5. The Kier molecular flexibility index (Phi) is 6.35. The molecule has 0 aliphatic carbocycles. The second kappa shape index (κ2) is 8.28. The van der Waals surface area contributed by atoms with Gasteiger partial charge in [0.05, 0.1) is 23.6 Å². The number of methoxy groups -OCH3 is 1. The third-order valence-electron chi connectivity index (χ3n) is 3.44. The number of hydrogen-bond donors (Lipinski definition) is 1. The lowest BCUT2D eigenvalue weighted by molar-refractivity contribution is -0.121. The van der Waals surface area contributed by atoms with Crippen LogP contribution in [0.4, 0.5) is 0 Å². The van der Waals surface area contributed by atoms with Crippen LogP contribution in [0.5, 0.6) is 5.75 Å². The van der Waals surface area contributed by atoms with Gasteiger partial charge in [-0.25, -0.2) is 8.42 Å². The molecule has 0 aliphatic heterocycles. The number of amides is 1. The minimum absolute atomic E-state index is 0.0114. The van der Waals surface area contributed by atoms with Crippen molar-refractivity contribution in [1.82, 2.24) is 14.6 Å². The molecule has 2 rings (SSSR count). The van der Waals surface area contributed by atoms with Gasteiger partial charge < -0.3 is 10.1 Å². The molecule has 0 spiro atoms. The highest BCUT2D eigenvalue weighted by molar-refractivity contribution is 7.89. The number of sulfonamides is 1. The molecule has 7 nitrogen and oxygen atoms in total. The third-order valence-corrected chi connectivity index (χ3v) is 5.53. The number of aromatic nitrogens is 1. The molecule has 0 bridgehead atoms. The Balaban J connectivity index is 2.02. The minimum atomic E-state index is -3.84. The zero-order valence-electron chi connectivity index (χ0n) is 13.8. The number of hydrogen-bond acceptors (Lipinski definition) is 5. The van der Waals surface area contributed by atoms with E-state index in [-0.39, 0.29) is 16.5 Å². The van der Waals surface area contributed by atoms with Crippen molar-refractivity contribution in [2.24, 2.45) is 0 Å². The molecule has 0 aliphatic rings. The smallest absolute Gasteiger partial charge is 0.243 e. The Morgan fingerprint density at radius 1 is 1.28 bits per heavy atom. The van der Waals surface area contributed by atoms with Gasteiger partial charge in [0.15, 0.2) is 0 Å². The van der Waals surface area contributed by atoms with Crippen molar-refractivity contribution < 1.29 is 17.9 Å². The topological polar surface area (TPSA) is 88.6 Å². The molecule has 25 heavy (non-hydrogen) atoms. The summed E-state index contributed by atoms with van der Waals surface area (Å²) in [7, 11) is -1.07. The van der Waals surface area contributed by atoms with Crippen molar-refractivity contribution in [3.05, 3.63) is 53.3 Å². The lowest BCUT2D eigenvalue weighted by atomic mass is 10.3. The molecule has 9 heteroatoms. The highest BCUT2D eigenvalue weighted by Crippen LogP contribution is 2.27. The summed E-state index contributed by atoms with van der Waals surface area (Å²) in [5, 5.41) is 2.84. The SMILES string of the molecule is COc1ccc(S(=O)(=O)N(C)CC(=O)NCc2ccncc2)cc1Cl. The summed E-state index contributed by atoms with van der Waals surface area (Å²) in [4.78, 5) is 15.9. The number of likely N-dealkylation sites (N-methyl/N-ethyl adjacent to an activating group) is 1. The van der Waals surface area contributed by atoms with Crippen LogP contribution in [0.3, 0.4) is 0 Å². The van der Waals surface area contributed by atoms with Crippen molar-refractivity contribution in [2.75, 3.05) is 20.7 Å². The van der Waals surface area contributed by atoms with E-state index in [1.807, 2.05) is 0 Å². The second-order valence-corrected chi connectivity index (χ2v) is 7.64. The molecule has 1 N–H and O–H groups in total. The fourth-order valence-electron chi connectivity index (χ4n) is 2.03. The van der Waals surface area contributed by atoms with Crippen LogP contribution in [-0.2, 0) is 21.4 Å². The molecule has 0 atom stereocenters. The molecular weight excluding hydrogens is 366 g/mol. The van der Waals surface area contributed by atoms with Crippen molar-refractivity contribution in [1.29, 1.82) is 0 Å². The molecule has 0 unspecified atom stereocenters. The first kappa shape index (κ1) is 19.2. The van der Waals surface area contributed by atoms with Crippen LogP contribution in [0.15, 0.2) is 47.6 Å². The summed E-state index contributed by atoms with van der Waals surface area (Å²) >= 11 is 5.97. The van der Waals surface area contributed by atoms with Crippen molar-refractivity contribution >= 4 is 27.5 Å². The Labute approximate surface area is 151 Å². The molecule has 0 fully saturated rings. The number of nitrogens with zero attached hydrogens (tertiary/aromatic N) is 2. The molecule has 1 aromatic carbocycles. The Hall–Kier alpha value is -2.16. The first-order valence-corrected chi connectivity index (χ1v) is 9.12. The molecule has 1 amide bonds. The molecule has 1 aromatic heterocycles. The zero-order chi connectivity index (χ0) is 18.4. The Bertz CT molecular complexity index is 844. The second-order valence-electron chi connectivity index (χ2n) is 5.19. The van der Waals surface area contributed by atoms with Gasteiger partial charge in [0.1, 0.15) is 5.75 Å². The fraction of sp³-hybridized carbons (Fsp3) is 0.250. The van der Waals surface area contributed by atoms with Gasteiger partial charge in [-0.15, -0.1) is 0 Å². The number of pyridine rings is 1. The summed E-state index contributed by atoms with van der Waals surface area (Å²) in [6, 6.07) is 7.67. The van der Waals surface area contributed by atoms with E-state index in [4.69, 9.17) is 16.3 Å². The van der Waals surface area contributed by atoms with Gasteiger partial charge >= 0.3 is 0 Å². The average Bonchev–Trinajstić information content (AvgIpc) is 2.60. The zero-order valence-corrected chi connectivity index (χ0v) is 15.3. The maximum Gasteiger partial charge on any atom is 0.243 e. The van der Waals surface area contributed by atoms with Crippen LogP contribution < -0.4 is 10.1 Å². The van der Waals surface area contributed by atoms with Gasteiger partial charge in [0, 0.05) is 26.0 Å². The van der Waals surface area contributed by atoms with Crippen molar-refractivity contribution in [2.45, 2.75) is 11.4 Å². The summed E-state index contributed by atoms with van der Waals surface area (Å²) in [6.45, 7) is -0.0132. The minimum Gasteiger partial charge on any atom is -0.495 e. The lowest BCUT2D eigenvalue weighted by Gasteiger charge is -2.17. The van der Waals surface area contributed by atoms with E-state index in [2.05, 4.69) is 10.3 Å². The van der Waals surface area contributed by atoms with Gasteiger partial charge in [-0.05, 0) is 35.9 Å². The first-order valence-electron chi connectivity index (χ1n) is 7.30. The third kappa shape index (κ3) is 4.91. The summed E-state index contributed by atoms with van der Waals surface area (Å²) < 4.78 is 31.0. The van der Waals surface area contributed by atoms with E-state index in [1.165, 1.54) is 32.4 Å². The normalized spacial score (nSPS) is 11.4. The van der Waals surface area contributed by atoms with Crippen LogP contribution in [-0.4, -0.2) is 44.3 Å². The van der Waals surface area contributed by atoms with Crippen LogP contribution in [0.25, 0.3) is 0 Å². The summed E-state index contributed by atoms with van der Waals surface area (Å²) in [5.41, 5.74) is 0.871. The van der Waals surface area contributed by atoms with Crippen molar-refractivity contribution in [3.63, 3.8) is 0 Å². The molecular formula is C16H18ClN3O4S. The predicted molar refractivity (Wildman–Crippen MR) is 93.9 cm³/mol. The standard InChI is InChI=1S/C16H18ClN3O4S/c1-20(11-16(21)19-10-12-5-7-18-8-6-12)25(22,23)13-3-4-15(24-2)14(17)9-13/h3-9H,10-11H2,1-2H3,(H,19,21). The van der Waals surface area contributed by atoms with E-state index in [0.717, 1.165) is 9.87 Å². The van der Waals surface area contributed by atoms with E-state index in [9.17, 15) is 13.2 Å². The molecule has 2 aromatic rings. The Morgan fingerprint density at radius 2 is 1.96 bits per heavy atom.